The fraction of sp³-hybridized carbons (Fsp3) is 0.188. The number of nitrogens with zero attached hydrogens (tertiary/aromatic N) is 6. The molecule has 0 aliphatic carbocycles. The predicted molar refractivity (Wildman–Crippen MR) is 99.0 cm³/mol. The molecule has 2 aromatic heterocycles. The Morgan fingerprint density at radius 2 is 2.07 bits per heavy atom. The summed E-state index contributed by atoms with van der Waals surface area (Å²) in [6.07, 6.45) is 2.55. The molecule has 0 fully saturated rings. The monoisotopic (exact) mass is 385 g/mol. The molecule has 3 rings (SSSR count). The quantitative estimate of drug-likeness (QED) is 0.356. The van der Waals surface area contributed by atoms with Crippen LogP contribution in [-0.2, 0) is 25.4 Å². The molecule has 0 bridgehead atoms. The molecule has 144 valence electrons. The summed E-state index contributed by atoms with van der Waals surface area (Å²) in [5, 5.41) is 14.5. The smallest absolute Gasteiger partial charge is 0.315 e. The first kappa shape index (κ1) is 18.7. The number of amides is 1. The number of rotatable bonds is 5. The van der Waals surface area contributed by atoms with Crippen molar-refractivity contribution in [1.29, 1.82) is 0 Å². The van der Waals surface area contributed by atoms with Crippen molar-refractivity contribution in [2.75, 3.05) is 0 Å². The van der Waals surface area contributed by atoms with Crippen LogP contribution < -0.4 is 16.7 Å². The third-order valence-electron chi connectivity index (χ3n) is 4.02. The zero-order valence-electron chi connectivity index (χ0n) is 14.9. The number of aryl methyl sites for hydroxylation is 1. The number of carbonyl (C=O) groups excluding carboxylic acids is 1. The minimum atomic E-state index is -0.566. The van der Waals surface area contributed by atoms with Gasteiger partial charge in [-0.05, 0) is 0 Å². The van der Waals surface area contributed by atoms with Gasteiger partial charge in [-0.15, -0.1) is 0 Å². The molecule has 0 saturated heterocycles. The molecule has 0 atom stereocenters. The molecule has 0 radical (unpaired) electrons. The largest absolute Gasteiger partial charge is 0.332 e. The van der Waals surface area contributed by atoms with Crippen LogP contribution in [0.2, 0.25) is 0 Å². The first-order valence-corrected chi connectivity index (χ1v) is 7.97. The summed E-state index contributed by atoms with van der Waals surface area (Å²) in [5.74, 6) is -0.545. The van der Waals surface area contributed by atoms with Gasteiger partial charge in [0, 0.05) is 31.8 Å². The number of hydrogen-bond acceptors (Lipinski definition) is 7. The van der Waals surface area contributed by atoms with E-state index in [9.17, 15) is 24.5 Å². The summed E-state index contributed by atoms with van der Waals surface area (Å²) in [5.41, 5.74) is 1.81. The van der Waals surface area contributed by atoms with E-state index in [2.05, 4.69) is 15.5 Å². The molecule has 0 saturated carbocycles. The number of nitrogens with one attached hydrogen (secondary N) is 1. The Bertz CT molecular complexity index is 1230. The van der Waals surface area contributed by atoms with Crippen molar-refractivity contribution in [1.82, 2.24) is 24.1 Å². The first-order chi connectivity index (χ1) is 13.3. The molecule has 1 amide bonds. The van der Waals surface area contributed by atoms with E-state index < -0.39 is 22.1 Å². The average Bonchev–Trinajstić information content (AvgIpc) is 3.08. The lowest BCUT2D eigenvalue weighted by molar-refractivity contribution is -0.384. The normalized spacial score (nSPS) is 11.2. The number of hydrogen-bond donors (Lipinski definition) is 1. The van der Waals surface area contributed by atoms with Crippen LogP contribution in [0.3, 0.4) is 0 Å². The van der Waals surface area contributed by atoms with E-state index in [1.54, 1.807) is 6.07 Å². The summed E-state index contributed by atoms with van der Waals surface area (Å²) < 4.78 is 3.46. The van der Waals surface area contributed by atoms with Gasteiger partial charge >= 0.3 is 5.69 Å². The van der Waals surface area contributed by atoms with Crippen LogP contribution in [-0.4, -0.2) is 35.7 Å². The van der Waals surface area contributed by atoms with Gasteiger partial charge in [0.15, 0.2) is 11.2 Å². The number of nitro groups is 1. The number of non-ortho nitro benzene ring substituents is 1. The number of hydrazone groups is 1. The van der Waals surface area contributed by atoms with Crippen LogP contribution in [0.25, 0.3) is 11.2 Å². The Morgan fingerprint density at radius 3 is 2.79 bits per heavy atom. The lowest BCUT2D eigenvalue weighted by atomic mass is 10.2. The maximum absolute atomic E-state index is 12.3. The lowest BCUT2D eigenvalue weighted by Crippen LogP contribution is -2.38. The fourth-order valence-electron chi connectivity index (χ4n) is 2.60. The van der Waals surface area contributed by atoms with E-state index in [4.69, 9.17) is 0 Å². The molecule has 0 spiro atoms. The third kappa shape index (κ3) is 3.42. The van der Waals surface area contributed by atoms with Gasteiger partial charge in [-0.1, -0.05) is 12.1 Å². The average molecular weight is 385 g/mol. The van der Waals surface area contributed by atoms with Crippen LogP contribution >= 0.6 is 0 Å². The minimum absolute atomic E-state index is 0.0957. The van der Waals surface area contributed by atoms with Crippen molar-refractivity contribution in [2.24, 2.45) is 19.2 Å². The molecule has 1 N–H and O–H groups in total. The van der Waals surface area contributed by atoms with E-state index in [0.29, 0.717) is 5.56 Å². The van der Waals surface area contributed by atoms with E-state index in [1.165, 1.54) is 54.0 Å². The van der Waals surface area contributed by atoms with Gasteiger partial charge in [-0.25, -0.2) is 15.2 Å². The van der Waals surface area contributed by atoms with Gasteiger partial charge in [0.2, 0.25) is 0 Å². The molecule has 3 aromatic rings. The topological polar surface area (TPSA) is 146 Å². The summed E-state index contributed by atoms with van der Waals surface area (Å²) >= 11 is 0. The summed E-state index contributed by atoms with van der Waals surface area (Å²) in [6, 6.07) is 5.74. The predicted octanol–water partition coefficient (Wildman–Crippen LogP) is -0.508. The van der Waals surface area contributed by atoms with E-state index in [-0.39, 0.29) is 23.4 Å². The molecule has 1 aromatic carbocycles. The Balaban J connectivity index is 1.77. The van der Waals surface area contributed by atoms with Crippen molar-refractivity contribution < 1.29 is 9.72 Å². The Kier molecular flexibility index (Phi) is 4.85. The van der Waals surface area contributed by atoms with Gasteiger partial charge in [0.1, 0.15) is 6.54 Å². The highest BCUT2D eigenvalue weighted by Gasteiger charge is 2.15. The van der Waals surface area contributed by atoms with Crippen LogP contribution in [0.1, 0.15) is 5.56 Å². The van der Waals surface area contributed by atoms with Crippen LogP contribution in [0, 0.1) is 10.1 Å². The van der Waals surface area contributed by atoms with E-state index in [1.807, 2.05) is 0 Å². The summed E-state index contributed by atoms with van der Waals surface area (Å²) in [4.78, 5) is 50.6. The second kappa shape index (κ2) is 7.26. The number of imidazole rings is 1. The molecule has 12 heteroatoms. The Hall–Kier alpha value is -4.09. The van der Waals surface area contributed by atoms with Crippen molar-refractivity contribution in [3.05, 3.63) is 67.1 Å². The highest BCUT2D eigenvalue weighted by Crippen LogP contribution is 2.11. The van der Waals surface area contributed by atoms with Crippen molar-refractivity contribution in [3.63, 3.8) is 0 Å². The van der Waals surface area contributed by atoms with E-state index in [0.717, 1.165) is 4.57 Å². The maximum atomic E-state index is 12.3. The van der Waals surface area contributed by atoms with Crippen molar-refractivity contribution >= 4 is 29.0 Å². The highest BCUT2D eigenvalue weighted by atomic mass is 16.6. The molecule has 12 nitrogen and oxygen atoms in total. The van der Waals surface area contributed by atoms with Gasteiger partial charge in [-0.3, -0.25) is 28.8 Å². The van der Waals surface area contributed by atoms with Crippen LogP contribution in [0.5, 0.6) is 0 Å². The lowest BCUT2D eigenvalue weighted by Gasteiger charge is -2.05. The number of fused-ring (bicyclic) bond motifs is 1. The molecule has 2 heterocycles. The molecular formula is C16H15N7O5. The van der Waals surface area contributed by atoms with Gasteiger partial charge in [0.05, 0.1) is 17.5 Å². The second-order valence-corrected chi connectivity index (χ2v) is 5.90. The van der Waals surface area contributed by atoms with Gasteiger partial charge < -0.3 is 4.57 Å². The molecular weight excluding hydrogens is 370 g/mol. The molecule has 28 heavy (non-hydrogen) atoms. The SMILES string of the molecule is Cn1c(=O)c2c(ncn2CC(=O)N/N=C/c2cccc([N+](=O)[O-])c2)n(C)c1=O. The standard InChI is InChI=1S/C16H15N7O5/c1-20-14-13(15(25)21(2)16(20)26)22(9-17-14)8-12(24)19-18-7-10-4-3-5-11(6-10)23(27)28/h3-7,9H,8H2,1-2H3,(H,19,24)/b18-7+. The fourth-order valence-corrected chi connectivity index (χ4v) is 2.60. The number of nitro benzene ring substituents is 1. The summed E-state index contributed by atoms with van der Waals surface area (Å²) in [6.45, 7) is -0.254. The van der Waals surface area contributed by atoms with Crippen LogP contribution in [0.4, 0.5) is 5.69 Å². The molecule has 0 aliphatic rings. The first-order valence-electron chi connectivity index (χ1n) is 7.97. The third-order valence-corrected chi connectivity index (χ3v) is 4.02. The van der Waals surface area contributed by atoms with Crippen molar-refractivity contribution in [3.8, 4) is 0 Å². The maximum Gasteiger partial charge on any atom is 0.332 e. The number of aromatic nitrogens is 4. The zero-order chi connectivity index (χ0) is 20.4. The number of benzene rings is 1. The van der Waals surface area contributed by atoms with Crippen molar-refractivity contribution in [2.45, 2.75) is 6.54 Å². The number of carbonyl (C=O) groups is 1. The molecule has 0 unspecified atom stereocenters. The summed E-state index contributed by atoms with van der Waals surface area (Å²) in [7, 11) is 2.82. The van der Waals surface area contributed by atoms with E-state index >= 15 is 0 Å². The highest BCUT2D eigenvalue weighted by molar-refractivity contribution is 5.83. The van der Waals surface area contributed by atoms with Gasteiger partial charge in [-0.2, -0.15) is 5.10 Å². The second-order valence-electron chi connectivity index (χ2n) is 5.90. The van der Waals surface area contributed by atoms with Crippen LogP contribution in [0.15, 0.2) is 45.3 Å². The minimum Gasteiger partial charge on any atom is -0.315 e. The Labute approximate surface area is 156 Å². The van der Waals surface area contributed by atoms with Gasteiger partial charge in [0.25, 0.3) is 17.2 Å². The zero-order valence-corrected chi connectivity index (χ0v) is 14.9. The Morgan fingerprint density at radius 1 is 1.32 bits per heavy atom. The molecule has 0 aliphatic heterocycles.